The molecule has 4 heteroatoms. The van der Waals surface area contributed by atoms with E-state index in [1.807, 2.05) is 12.1 Å². The van der Waals surface area contributed by atoms with Gasteiger partial charge in [-0.15, -0.1) is 0 Å². The Balaban J connectivity index is 2.66. The van der Waals surface area contributed by atoms with E-state index in [2.05, 4.69) is 4.98 Å². The fourth-order valence-electron chi connectivity index (χ4n) is 1.73. The first kappa shape index (κ1) is 11.3. The van der Waals surface area contributed by atoms with Gasteiger partial charge in [0.2, 0.25) is 0 Å². The van der Waals surface area contributed by atoms with Crippen LogP contribution in [0.4, 0.5) is 5.69 Å². The molecule has 0 saturated heterocycles. The van der Waals surface area contributed by atoms with E-state index in [-0.39, 0.29) is 0 Å². The van der Waals surface area contributed by atoms with Crippen molar-refractivity contribution < 1.29 is 9.47 Å². The molecule has 0 fully saturated rings. The summed E-state index contributed by atoms with van der Waals surface area (Å²) in [6.07, 6.45) is 3.48. The Morgan fingerprint density at radius 1 is 1.12 bits per heavy atom. The number of nitrogen functional groups attached to an aromatic ring is 1. The summed E-state index contributed by atoms with van der Waals surface area (Å²) in [5.41, 5.74) is 8.18. The van der Waals surface area contributed by atoms with Crippen LogP contribution in [0, 0.1) is 0 Å². The molecule has 0 amide bonds. The van der Waals surface area contributed by atoms with Crippen LogP contribution in [0.1, 0.15) is 0 Å². The molecule has 0 aliphatic heterocycles. The molecule has 0 radical (unpaired) electrons. The first-order chi connectivity index (χ1) is 8.26. The van der Waals surface area contributed by atoms with Crippen molar-refractivity contribution in [3.8, 4) is 22.6 Å². The lowest BCUT2D eigenvalue weighted by Gasteiger charge is -2.14. The summed E-state index contributed by atoms with van der Waals surface area (Å²) < 4.78 is 10.7. The van der Waals surface area contributed by atoms with Crippen LogP contribution < -0.4 is 15.2 Å². The second-order valence-electron chi connectivity index (χ2n) is 3.54. The molecule has 17 heavy (non-hydrogen) atoms. The average Bonchev–Trinajstić information content (AvgIpc) is 2.38. The van der Waals surface area contributed by atoms with Gasteiger partial charge in [-0.25, -0.2) is 0 Å². The quantitative estimate of drug-likeness (QED) is 0.822. The summed E-state index contributed by atoms with van der Waals surface area (Å²) in [4.78, 5) is 4.09. The number of aromatic nitrogens is 1. The first-order valence-corrected chi connectivity index (χ1v) is 5.18. The Hall–Kier alpha value is -2.23. The van der Waals surface area contributed by atoms with Crippen LogP contribution in [0.2, 0.25) is 0 Å². The fraction of sp³-hybridized carbons (Fsp3) is 0.154. The van der Waals surface area contributed by atoms with E-state index >= 15 is 0 Å². The highest BCUT2D eigenvalue weighted by Gasteiger charge is 2.13. The Labute approximate surface area is 100 Å². The summed E-state index contributed by atoms with van der Waals surface area (Å²) >= 11 is 0. The predicted octanol–water partition coefficient (Wildman–Crippen LogP) is 2.35. The van der Waals surface area contributed by atoms with Crippen LogP contribution in [0.25, 0.3) is 11.1 Å². The summed E-state index contributed by atoms with van der Waals surface area (Å²) in [5, 5.41) is 0. The van der Waals surface area contributed by atoms with Gasteiger partial charge in [0.25, 0.3) is 0 Å². The molecule has 0 spiro atoms. The van der Waals surface area contributed by atoms with Crippen molar-refractivity contribution in [1.82, 2.24) is 4.98 Å². The van der Waals surface area contributed by atoms with Gasteiger partial charge in [-0.05, 0) is 6.07 Å². The molecule has 2 aromatic rings. The molecule has 0 saturated carbocycles. The van der Waals surface area contributed by atoms with Gasteiger partial charge in [0.1, 0.15) is 11.5 Å². The van der Waals surface area contributed by atoms with E-state index in [0.717, 1.165) is 11.1 Å². The molecule has 0 unspecified atom stereocenters. The van der Waals surface area contributed by atoms with Crippen molar-refractivity contribution in [2.24, 2.45) is 0 Å². The Bertz CT molecular complexity index is 487. The molecule has 2 N–H and O–H groups in total. The number of ether oxygens (including phenoxy) is 2. The highest BCUT2D eigenvalue weighted by atomic mass is 16.5. The zero-order chi connectivity index (χ0) is 12.3. The minimum Gasteiger partial charge on any atom is -0.496 e. The van der Waals surface area contributed by atoms with Gasteiger partial charge >= 0.3 is 0 Å². The van der Waals surface area contributed by atoms with E-state index in [9.17, 15) is 0 Å². The minimum absolute atomic E-state index is 0.603. The summed E-state index contributed by atoms with van der Waals surface area (Å²) in [6.45, 7) is 0. The van der Waals surface area contributed by atoms with E-state index in [0.29, 0.717) is 17.2 Å². The van der Waals surface area contributed by atoms with Gasteiger partial charge < -0.3 is 15.2 Å². The lowest BCUT2D eigenvalue weighted by molar-refractivity contribution is 0.398. The van der Waals surface area contributed by atoms with Crippen LogP contribution >= 0.6 is 0 Å². The molecular weight excluding hydrogens is 216 g/mol. The lowest BCUT2D eigenvalue weighted by atomic mass is 10.0. The van der Waals surface area contributed by atoms with E-state index in [1.54, 1.807) is 38.7 Å². The Morgan fingerprint density at radius 3 is 2.24 bits per heavy atom. The monoisotopic (exact) mass is 230 g/mol. The van der Waals surface area contributed by atoms with Crippen molar-refractivity contribution in [3.63, 3.8) is 0 Å². The van der Waals surface area contributed by atoms with E-state index in [4.69, 9.17) is 15.2 Å². The zero-order valence-electron chi connectivity index (χ0n) is 9.81. The third-order valence-corrected chi connectivity index (χ3v) is 2.48. The number of benzene rings is 1. The maximum absolute atomic E-state index is 5.78. The molecule has 0 aliphatic rings. The summed E-state index contributed by atoms with van der Waals surface area (Å²) in [5.74, 6) is 1.35. The number of nitrogens with zero attached hydrogens (tertiary/aromatic N) is 1. The third-order valence-electron chi connectivity index (χ3n) is 2.48. The standard InChI is InChI=1S/C13H14N2O2/c1-16-11-6-10(14)7-12(17-2)13(11)9-4-3-5-15-8-9/h3-8H,14H2,1-2H3. The number of hydrogen-bond donors (Lipinski definition) is 1. The van der Waals surface area contributed by atoms with Crippen LogP contribution in [0.5, 0.6) is 11.5 Å². The van der Waals surface area contributed by atoms with Crippen molar-refractivity contribution in [1.29, 1.82) is 0 Å². The fourth-order valence-corrected chi connectivity index (χ4v) is 1.73. The summed E-state index contributed by atoms with van der Waals surface area (Å²) in [7, 11) is 3.21. The number of hydrogen-bond acceptors (Lipinski definition) is 4. The summed E-state index contributed by atoms with van der Waals surface area (Å²) in [6, 6.07) is 7.35. The first-order valence-electron chi connectivity index (χ1n) is 5.18. The smallest absolute Gasteiger partial charge is 0.132 e. The number of nitrogens with two attached hydrogens (primary N) is 1. The minimum atomic E-state index is 0.603. The molecule has 0 bridgehead atoms. The predicted molar refractivity (Wildman–Crippen MR) is 67.2 cm³/mol. The van der Waals surface area contributed by atoms with Crippen molar-refractivity contribution >= 4 is 5.69 Å². The number of anilines is 1. The highest BCUT2D eigenvalue weighted by Crippen LogP contribution is 2.39. The van der Waals surface area contributed by atoms with Gasteiger partial charge in [0.15, 0.2) is 0 Å². The van der Waals surface area contributed by atoms with Crippen LogP contribution in [-0.4, -0.2) is 19.2 Å². The maximum atomic E-state index is 5.78. The number of methoxy groups -OCH3 is 2. The van der Waals surface area contributed by atoms with Gasteiger partial charge in [-0.2, -0.15) is 0 Å². The van der Waals surface area contributed by atoms with Gasteiger partial charge in [-0.3, -0.25) is 4.98 Å². The normalized spacial score (nSPS) is 10.0. The van der Waals surface area contributed by atoms with Gasteiger partial charge in [0.05, 0.1) is 19.8 Å². The van der Waals surface area contributed by atoms with Crippen LogP contribution in [0.3, 0.4) is 0 Å². The van der Waals surface area contributed by atoms with Gasteiger partial charge in [-0.1, -0.05) is 6.07 Å². The van der Waals surface area contributed by atoms with Gasteiger partial charge in [0, 0.05) is 35.8 Å². The molecule has 0 aliphatic carbocycles. The van der Waals surface area contributed by atoms with E-state index < -0.39 is 0 Å². The lowest BCUT2D eigenvalue weighted by Crippen LogP contribution is -1.96. The molecule has 4 nitrogen and oxygen atoms in total. The third kappa shape index (κ3) is 2.15. The number of pyridine rings is 1. The molecule has 0 atom stereocenters. The molecule has 2 rings (SSSR count). The van der Waals surface area contributed by atoms with E-state index in [1.165, 1.54) is 0 Å². The molecule has 1 aromatic heterocycles. The Kier molecular flexibility index (Phi) is 3.14. The molecular formula is C13H14N2O2. The number of rotatable bonds is 3. The van der Waals surface area contributed by atoms with Crippen molar-refractivity contribution in [3.05, 3.63) is 36.7 Å². The Morgan fingerprint density at radius 2 is 1.76 bits per heavy atom. The SMILES string of the molecule is COc1cc(N)cc(OC)c1-c1cccnc1. The topological polar surface area (TPSA) is 57.4 Å². The second-order valence-corrected chi connectivity index (χ2v) is 3.54. The maximum Gasteiger partial charge on any atom is 0.132 e. The van der Waals surface area contributed by atoms with Crippen LogP contribution in [0.15, 0.2) is 36.7 Å². The highest BCUT2D eigenvalue weighted by molar-refractivity contribution is 5.79. The second kappa shape index (κ2) is 4.74. The van der Waals surface area contributed by atoms with Crippen molar-refractivity contribution in [2.45, 2.75) is 0 Å². The molecule has 88 valence electrons. The zero-order valence-corrected chi connectivity index (χ0v) is 9.81. The molecule has 1 aromatic carbocycles. The molecule has 1 heterocycles. The van der Waals surface area contributed by atoms with Crippen LogP contribution in [-0.2, 0) is 0 Å². The average molecular weight is 230 g/mol. The largest absolute Gasteiger partial charge is 0.496 e. The van der Waals surface area contributed by atoms with Crippen molar-refractivity contribution in [2.75, 3.05) is 20.0 Å².